The molecular weight excluding hydrogens is 286 g/mol. The molecule has 0 unspecified atom stereocenters. The highest BCUT2D eigenvalue weighted by molar-refractivity contribution is 6.01. The van der Waals surface area contributed by atoms with E-state index in [0.717, 1.165) is 6.42 Å². The zero-order valence-electron chi connectivity index (χ0n) is 13.2. The van der Waals surface area contributed by atoms with Crippen LogP contribution in [-0.2, 0) is 0 Å². The Balaban J connectivity index is 2.72. The van der Waals surface area contributed by atoms with Crippen molar-refractivity contribution >= 4 is 17.3 Å². The van der Waals surface area contributed by atoms with Crippen LogP contribution in [0.5, 0.6) is 0 Å². The fourth-order valence-electron chi connectivity index (χ4n) is 2.06. The van der Waals surface area contributed by atoms with Crippen molar-refractivity contribution in [1.29, 1.82) is 0 Å². The number of nitrogen functional groups attached to an aromatic ring is 1. The Labute approximate surface area is 129 Å². The van der Waals surface area contributed by atoms with Gasteiger partial charge >= 0.3 is 0 Å². The predicted octanol–water partition coefficient (Wildman–Crippen LogP) is 2.01. The van der Waals surface area contributed by atoms with E-state index < -0.39 is 10.8 Å². The quantitative estimate of drug-likeness (QED) is 0.308. The van der Waals surface area contributed by atoms with Gasteiger partial charge in [0.2, 0.25) is 0 Å². The molecule has 0 radical (unpaired) electrons. The molecule has 122 valence electrons. The van der Waals surface area contributed by atoms with E-state index in [1.54, 1.807) is 6.92 Å². The molecule has 0 aliphatic carbocycles. The van der Waals surface area contributed by atoms with E-state index in [4.69, 9.17) is 10.8 Å². The van der Waals surface area contributed by atoms with Crippen molar-refractivity contribution in [2.75, 3.05) is 18.9 Å². The zero-order valence-corrected chi connectivity index (χ0v) is 13.2. The van der Waals surface area contributed by atoms with E-state index in [9.17, 15) is 14.9 Å². The number of carbonyl (C=O) groups is 1. The number of rotatable bonds is 7. The largest absolute Gasteiger partial charge is 0.396 e. The second kappa shape index (κ2) is 7.22. The highest BCUT2D eigenvalue weighted by Gasteiger charge is 2.21. The van der Waals surface area contributed by atoms with E-state index in [0.29, 0.717) is 18.5 Å². The number of aliphatic hydroxyl groups is 1. The summed E-state index contributed by atoms with van der Waals surface area (Å²) in [7, 11) is 0. The minimum atomic E-state index is -0.594. The van der Waals surface area contributed by atoms with Gasteiger partial charge < -0.3 is 16.2 Å². The standard InChI is InChI=1S/C15H23N3O4/c1-10-7-11(13(16)12(8-10)18(21)22)14(20)17-6-4-5-15(2,3)9-19/h7-8,19H,4-6,9,16H2,1-3H3,(H,17,20). The first-order valence-electron chi connectivity index (χ1n) is 7.11. The Bertz CT molecular complexity index is 570. The summed E-state index contributed by atoms with van der Waals surface area (Å²) >= 11 is 0. The third-order valence-electron chi connectivity index (χ3n) is 3.49. The first-order chi connectivity index (χ1) is 10.2. The van der Waals surface area contributed by atoms with E-state index >= 15 is 0 Å². The van der Waals surface area contributed by atoms with Gasteiger partial charge in [-0.3, -0.25) is 14.9 Å². The molecule has 0 aliphatic rings. The summed E-state index contributed by atoms with van der Waals surface area (Å²) in [6, 6.07) is 2.88. The number of nitrogens with one attached hydrogen (secondary N) is 1. The summed E-state index contributed by atoms with van der Waals surface area (Å²) < 4.78 is 0. The molecule has 7 heteroatoms. The summed E-state index contributed by atoms with van der Waals surface area (Å²) in [5, 5.41) is 22.8. The van der Waals surface area contributed by atoms with Crippen LogP contribution in [-0.4, -0.2) is 29.1 Å². The fourth-order valence-corrected chi connectivity index (χ4v) is 2.06. The molecule has 4 N–H and O–H groups in total. The summed E-state index contributed by atoms with van der Waals surface area (Å²) in [5.74, 6) is -0.425. The molecule has 0 atom stereocenters. The molecule has 0 aromatic heterocycles. The summed E-state index contributed by atoms with van der Waals surface area (Å²) in [4.78, 5) is 22.5. The summed E-state index contributed by atoms with van der Waals surface area (Å²) in [5.41, 5.74) is 5.87. The van der Waals surface area contributed by atoms with Crippen molar-refractivity contribution in [2.45, 2.75) is 33.6 Å². The number of nitrogens with zero attached hydrogens (tertiary/aromatic N) is 1. The predicted molar refractivity (Wildman–Crippen MR) is 84.7 cm³/mol. The second-order valence-electron chi connectivity index (χ2n) is 6.18. The SMILES string of the molecule is Cc1cc(C(=O)NCCCC(C)(C)CO)c(N)c([N+](=O)[O-])c1. The number of amides is 1. The fraction of sp³-hybridized carbons (Fsp3) is 0.533. The number of anilines is 1. The average molecular weight is 309 g/mol. The van der Waals surface area contributed by atoms with Gasteiger partial charge in [0, 0.05) is 19.2 Å². The maximum absolute atomic E-state index is 12.1. The first-order valence-corrected chi connectivity index (χ1v) is 7.11. The van der Waals surface area contributed by atoms with E-state index in [1.165, 1.54) is 12.1 Å². The second-order valence-corrected chi connectivity index (χ2v) is 6.18. The van der Waals surface area contributed by atoms with E-state index in [1.807, 2.05) is 13.8 Å². The van der Waals surface area contributed by atoms with Crippen molar-refractivity contribution in [3.05, 3.63) is 33.4 Å². The van der Waals surface area contributed by atoms with Gasteiger partial charge in [0.25, 0.3) is 11.6 Å². The summed E-state index contributed by atoms with van der Waals surface area (Å²) in [6.07, 6.45) is 1.46. The van der Waals surface area contributed by atoms with Crippen molar-refractivity contribution in [3.8, 4) is 0 Å². The van der Waals surface area contributed by atoms with Crippen LogP contribution < -0.4 is 11.1 Å². The Hall–Kier alpha value is -2.15. The molecule has 1 aromatic carbocycles. The molecular formula is C15H23N3O4. The highest BCUT2D eigenvalue weighted by Crippen LogP contribution is 2.27. The number of nitro groups is 1. The monoisotopic (exact) mass is 309 g/mol. The zero-order chi connectivity index (χ0) is 16.9. The van der Waals surface area contributed by atoms with Crippen LogP contribution in [0.15, 0.2) is 12.1 Å². The maximum Gasteiger partial charge on any atom is 0.293 e. The number of aryl methyl sites for hydroxylation is 1. The molecule has 0 heterocycles. The Morgan fingerprint density at radius 2 is 2.09 bits per heavy atom. The molecule has 0 saturated carbocycles. The molecule has 1 aromatic rings. The lowest BCUT2D eigenvalue weighted by Crippen LogP contribution is -2.27. The van der Waals surface area contributed by atoms with Crippen LogP contribution in [0.4, 0.5) is 11.4 Å². The highest BCUT2D eigenvalue weighted by atomic mass is 16.6. The number of nitrogens with two attached hydrogens (primary N) is 1. The molecule has 1 amide bonds. The van der Waals surface area contributed by atoms with Crippen LogP contribution in [0, 0.1) is 22.5 Å². The van der Waals surface area contributed by atoms with Crippen molar-refractivity contribution in [1.82, 2.24) is 5.32 Å². The molecule has 0 spiro atoms. The number of benzene rings is 1. The molecule has 7 nitrogen and oxygen atoms in total. The number of hydrogen-bond donors (Lipinski definition) is 3. The average Bonchev–Trinajstić information content (AvgIpc) is 2.45. The van der Waals surface area contributed by atoms with Gasteiger partial charge in [0.05, 0.1) is 10.5 Å². The lowest BCUT2D eigenvalue weighted by atomic mass is 9.89. The van der Waals surface area contributed by atoms with Gasteiger partial charge in [-0.2, -0.15) is 0 Å². The van der Waals surface area contributed by atoms with E-state index in [2.05, 4.69) is 5.32 Å². The molecule has 1 rings (SSSR count). The molecule has 22 heavy (non-hydrogen) atoms. The minimum Gasteiger partial charge on any atom is -0.396 e. The van der Waals surface area contributed by atoms with Crippen LogP contribution in [0.25, 0.3) is 0 Å². The normalized spacial score (nSPS) is 11.3. The lowest BCUT2D eigenvalue weighted by Gasteiger charge is -2.21. The Morgan fingerprint density at radius 1 is 1.45 bits per heavy atom. The third-order valence-corrected chi connectivity index (χ3v) is 3.49. The number of carbonyl (C=O) groups excluding carboxylic acids is 1. The molecule has 0 saturated heterocycles. The van der Waals surface area contributed by atoms with Crippen LogP contribution in [0.3, 0.4) is 0 Å². The smallest absolute Gasteiger partial charge is 0.293 e. The van der Waals surface area contributed by atoms with Gasteiger partial charge in [-0.05, 0) is 36.8 Å². The molecule has 0 aliphatic heterocycles. The first kappa shape index (κ1) is 17.9. The van der Waals surface area contributed by atoms with Crippen molar-refractivity contribution in [2.24, 2.45) is 5.41 Å². The van der Waals surface area contributed by atoms with E-state index in [-0.39, 0.29) is 29.0 Å². The maximum atomic E-state index is 12.1. The van der Waals surface area contributed by atoms with Crippen molar-refractivity contribution < 1.29 is 14.8 Å². The van der Waals surface area contributed by atoms with Gasteiger partial charge in [-0.15, -0.1) is 0 Å². The van der Waals surface area contributed by atoms with Crippen LogP contribution >= 0.6 is 0 Å². The van der Waals surface area contributed by atoms with Crippen LogP contribution in [0.1, 0.15) is 42.6 Å². The number of nitro benzene ring substituents is 1. The molecule has 0 fully saturated rings. The third kappa shape index (κ3) is 4.70. The number of aliphatic hydroxyl groups excluding tert-OH is 1. The summed E-state index contributed by atoms with van der Waals surface area (Å²) in [6.45, 7) is 6.06. The van der Waals surface area contributed by atoms with Gasteiger partial charge in [0.1, 0.15) is 5.69 Å². The van der Waals surface area contributed by atoms with Crippen LogP contribution in [0.2, 0.25) is 0 Å². The molecule has 0 bridgehead atoms. The minimum absolute atomic E-state index is 0.0813. The number of hydrogen-bond acceptors (Lipinski definition) is 5. The topological polar surface area (TPSA) is 118 Å². The van der Waals surface area contributed by atoms with Crippen molar-refractivity contribution in [3.63, 3.8) is 0 Å². The Kier molecular flexibility index (Phi) is 5.87. The van der Waals surface area contributed by atoms with Gasteiger partial charge in [0.15, 0.2) is 0 Å². The Morgan fingerprint density at radius 3 is 2.64 bits per heavy atom. The lowest BCUT2D eigenvalue weighted by molar-refractivity contribution is -0.384. The van der Waals surface area contributed by atoms with Gasteiger partial charge in [-0.25, -0.2) is 0 Å². The van der Waals surface area contributed by atoms with Gasteiger partial charge in [-0.1, -0.05) is 13.8 Å².